The molecule has 0 amide bonds. The molecule has 0 spiro atoms. The van der Waals surface area contributed by atoms with Crippen molar-refractivity contribution in [3.8, 4) is 29.1 Å². The molecule has 3 aromatic rings. The predicted octanol–water partition coefficient (Wildman–Crippen LogP) is 3.86. The third kappa shape index (κ3) is 5.72. The topological polar surface area (TPSA) is 93.9 Å². The third-order valence-electron chi connectivity index (χ3n) is 5.81. The zero-order chi connectivity index (χ0) is 23.9. The Balaban J connectivity index is 1.44. The highest BCUT2D eigenvalue weighted by molar-refractivity contribution is 5.59. The molecule has 1 aromatic carbocycles. The maximum atomic E-state index is 9.69. The number of hydrogen-bond acceptors (Lipinski definition) is 8. The highest BCUT2D eigenvalue weighted by Crippen LogP contribution is 2.35. The number of rotatable bonds is 10. The molecule has 3 heterocycles. The molecule has 1 aliphatic heterocycles. The number of hydrogen-bond donors (Lipinski definition) is 2. The van der Waals surface area contributed by atoms with Crippen LogP contribution in [0.1, 0.15) is 32.3 Å². The molecule has 9 nitrogen and oxygen atoms in total. The fourth-order valence-electron chi connectivity index (χ4n) is 4.29. The molecule has 0 radical (unpaired) electrons. The van der Waals surface area contributed by atoms with E-state index in [-0.39, 0.29) is 12.1 Å². The lowest BCUT2D eigenvalue weighted by molar-refractivity contribution is 0.210. The number of likely N-dealkylation sites (tertiary alicyclic amines) is 1. The van der Waals surface area contributed by atoms with Crippen LogP contribution in [0.25, 0.3) is 5.69 Å². The van der Waals surface area contributed by atoms with Crippen LogP contribution in [0.5, 0.6) is 23.4 Å². The quantitative estimate of drug-likeness (QED) is 0.464. The lowest BCUT2D eigenvalue weighted by Crippen LogP contribution is -2.38. The molecule has 0 aliphatic carbocycles. The van der Waals surface area contributed by atoms with E-state index in [1.807, 2.05) is 42.9 Å². The summed E-state index contributed by atoms with van der Waals surface area (Å²) in [7, 11) is 1.52. The zero-order valence-electron chi connectivity index (χ0n) is 20.0. The van der Waals surface area contributed by atoms with Gasteiger partial charge in [-0.1, -0.05) is 0 Å². The number of anilines is 1. The highest BCUT2D eigenvalue weighted by Gasteiger charge is 2.22. The van der Waals surface area contributed by atoms with Crippen molar-refractivity contribution in [1.82, 2.24) is 19.4 Å². The number of aromatic nitrogens is 3. The highest BCUT2D eigenvalue weighted by atomic mass is 16.5. The second kappa shape index (κ2) is 11.1. The Labute approximate surface area is 200 Å². The predicted molar refractivity (Wildman–Crippen MR) is 130 cm³/mol. The molecule has 1 saturated heterocycles. The number of ether oxygens (including phenoxy) is 3. The molecule has 0 atom stereocenters. The van der Waals surface area contributed by atoms with Gasteiger partial charge in [0.2, 0.25) is 5.88 Å². The minimum Gasteiger partial charge on any atom is -0.492 e. The fraction of sp³-hybridized carbons (Fsp3) is 0.440. The number of methoxy groups -OCH3 is 1. The summed E-state index contributed by atoms with van der Waals surface area (Å²) in [5.41, 5.74) is 2.10. The molecule has 182 valence electrons. The number of benzene rings is 1. The Kier molecular flexibility index (Phi) is 7.74. The van der Waals surface area contributed by atoms with Crippen LogP contribution in [0.4, 0.5) is 5.82 Å². The van der Waals surface area contributed by atoms with Crippen LogP contribution in [0.15, 0.2) is 42.7 Å². The second-order valence-electron chi connectivity index (χ2n) is 8.19. The SMILES string of the molecule is CCOc1cc(CN2CCC(Nc3cc(OC)nc(O)n3)CC2)cc(OCC)c1-n1cccc1. The first-order valence-electron chi connectivity index (χ1n) is 11.8. The van der Waals surface area contributed by atoms with E-state index in [1.165, 1.54) is 12.7 Å². The van der Waals surface area contributed by atoms with Gasteiger partial charge in [0.15, 0.2) is 0 Å². The Morgan fingerprint density at radius 3 is 2.24 bits per heavy atom. The largest absolute Gasteiger partial charge is 0.492 e. The molecule has 1 aliphatic rings. The Morgan fingerprint density at radius 2 is 1.65 bits per heavy atom. The van der Waals surface area contributed by atoms with Crippen molar-refractivity contribution < 1.29 is 19.3 Å². The van der Waals surface area contributed by atoms with Crippen molar-refractivity contribution in [2.45, 2.75) is 39.3 Å². The molecule has 1 fully saturated rings. The summed E-state index contributed by atoms with van der Waals surface area (Å²) in [6.07, 6.45) is 5.94. The Hall–Kier alpha value is -3.46. The van der Waals surface area contributed by atoms with Crippen LogP contribution in [0.2, 0.25) is 0 Å². The number of piperidine rings is 1. The molecule has 0 bridgehead atoms. The molecular weight excluding hydrogens is 434 g/mol. The van der Waals surface area contributed by atoms with E-state index in [0.29, 0.717) is 24.9 Å². The summed E-state index contributed by atoms with van der Waals surface area (Å²) in [5, 5.41) is 13.1. The van der Waals surface area contributed by atoms with Gasteiger partial charge in [0.1, 0.15) is 23.0 Å². The van der Waals surface area contributed by atoms with Gasteiger partial charge in [-0.05, 0) is 56.5 Å². The summed E-state index contributed by atoms with van der Waals surface area (Å²) in [6, 6.07) is 9.92. The molecule has 2 aromatic heterocycles. The Morgan fingerprint density at radius 1 is 1.00 bits per heavy atom. The lowest BCUT2D eigenvalue weighted by atomic mass is 10.0. The van der Waals surface area contributed by atoms with Crippen molar-refractivity contribution >= 4 is 5.82 Å². The maximum absolute atomic E-state index is 9.69. The van der Waals surface area contributed by atoms with Crippen LogP contribution in [0, 0.1) is 0 Å². The van der Waals surface area contributed by atoms with Gasteiger partial charge in [-0.25, -0.2) is 0 Å². The first-order valence-corrected chi connectivity index (χ1v) is 11.8. The van der Waals surface area contributed by atoms with Crippen molar-refractivity contribution in [2.75, 3.05) is 38.7 Å². The normalized spacial score (nSPS) is 14.7. The van der Waals surface area contributed by atoms with E-state index in [1.54, 1.807) is 6.07 Å². The fourth-order valence-corrected chi connectivity index (χ4v) is 4.29. The van der Waals surface area contributed by atoms with Crippen molar-refractivity contribution in [2.24, 2.45) is 0 Å². The minimum atomic E-state index is -0.294. The van der Waals surface area contributed by atoms with Gasteiger partial charge in [-0.2, -0.15) is 9.97 Å². The minimum absolute atomic E-state index is 0.268. The third-order valence-corrected chi connectivity index (χ3v) is 5.81. The molecule has 9 heteroatoms. The van der Waals surface area contributed by atoms with Crippen LogP contribution in [-0.2, 0) is 6.54 Å². The van der Waals surface area contributed by atoms with Gasteiger partial charge in [0.25, 0.3) is 0 Å². The van der Waals surface area contributed by atoms with Crippen molar-refractivity contribution in [3.63, 3.8) is 0 Å². The lowest BCUT2D eigenvalue weighted by Gasteiger charge is -2.33. The first kappa shape index (κ1) is 23.7. The van der Waals surface area contributed by atoms with Crippen molar-refractivity contribution in [3.05, 3.63) is 48.3 Å². The smallest absolute Gasteiger partial charge is 0.319 e. The molecule has 0 unspecified atom stereocenters. The summed E-state index contributed by atoms with van der Waals surface area (Å²) < 4.78 is 19.2. The number of aromatic hydroxyl groups is 1. The number of nitrogens with zero attached hydrogens (tertiary/aromatic N) is 4. The standard InChI is InChI=1S/C25H33N5O4/c1-4-33-20-14-18(15-21(34-5-2)24(20)30-10-6-7-11-30)17-29-12-8-19(9-13-29)26-22-16-23(32-3)28-25(31)27-22/h6-7,10-11,14-16,19H,4-5,8-9,12-13,17H2,1-3H3,(H2,26,27,28,31). The van der Waals surface area contributed by atoms with Crippen LogP contribution in [-0.4, -0.2) is 64.0 Å². The van der Waals surface area contributed by atoms with Gasteiger partial charge in [-0.15, -0.1) is 0 Å². The van der Waals surface area contributed by atoms with E-state index < -0.39 is 0 Å². The Bertz CT molecular complexity index is 1040. The van der Waals surface area contributed by atoms with Gasteiger partial charge in [0.05, 0.1) is 20.3 Å². The molecule has 34 heavy (non-hydrogen) atoms. The average molecular weight is 468 g/mol. The number of nitrogens with one attached hydrogen (secondary N) is 1. The van der Waals surface area contributed by atoms with Crippen molar-refractivity contribution in [1.29, 1.82) is 0 Å². The second-order valence-corrected chi connectivity index (χ2v) is 8.19. The maximum Gasteiger partial charge on any atom is 0.319 e. The summed E-state index contributed by atoms with van der Waals surface area (Å²) in [5.74, 6) is 2.57. The first-order chi connectivity index (χ1) is 16.6. The molecular formula is C25H33N5O4. The summed E-state index contributed by atoms with van der Waals surface area (Å²) >= 11 is 0. The molecule has 4 rings (SSSR count). The van der Waals surface area contributed by atoms with E-state index in [2.05, 4.69) is 32.3 Å². The van der Waals surface area contributed by atoms with E-state index in [0.717, 1.165) is 49.7 Å². The zero-order valence-corrected chi connectivity index (χ0v) is 20.0. The van der Waals surface area contributed by atoms with Gasteiger partial charge in [-0.3, -0.25) is 4.90 Å². The molecule has 2 N–H and O–H groups in total. The van der Waals surface area contributed by atoms with Gasteiger partial charge >= 0.3 is 6.01 Å². The van der Waals surface area contributed by atoms with Crippen LogP contribution in [0.3, 0.4) is 0 Å². The average Bonchev–Trinajstić information content (AvgIpc) is 3.35. The summed E-state index contributed by atoms with van der Waals surface area (Å²) in [6.45, 7) is 7.88. The van der Waals surface area contributed by atoms with Crippen LogP contribution >= 0.6 is 0 Å². The monoisotopic (exact) mass is 467 g/mol. The van der Waals surface area contributed by atoms with E-state index >= 15 is 0 Å². The van der Waals surface area contributed by atoms with Gasteiger partial charge in [0, 0.05) is 44.1 Å². The molecule has 0 saturated carbocycles. The van der Waals surface area contributed by atoms with E-state index in [9.17, 15) is 5.11 Å². The summed E-state index contributed by atoms with van der Waals surface area (Å²) in [4.78, 5) is 10.3. The van der Waals surface area contributed by atoms with E-state index in [4.69, 9.17) is 14.2 Å². The van der Waals surface area contributed by atoms with Crippen LogP contribution < -0.4 is 19.5 Å². The van der Waals surface area contributed by atoms with Gasteiger partial charge < -0.3 is 29.2 Å².